The van der Waals surface area contributed by atoms with Gasteiger partial charge in [-0.25, -0.2) is 0 Å². The second-order valence-corrected chi connectivity index (χ2v) is 10.5. The lowest BCUT2D eigenvalue weighted by molar-refractivity contribution is -0.138. The molecule has 1 saturated carbocycles. The van der Waals surface area contributed by atoms with E-state index < -0.39 is 17.2 Å². The van der Waals surface area contributed by atoms with Crippen molar-refractivity contribution >= 4 is 11.6 Å². The number of amides is 1. The molecular formula is C28H30F3N3O2. The number of hydrogen-bond acceptors (Lipinski definition) is 4. The molecule has 3 fully saturated rings. The van der Waals surface area contributed by atoms with Gasteiger partial charge >= 0.3 is 6.18 Å². The number of benzene rings is 2. The van der Waals surface area contributed by atoms with Crippen molar-refractivity contribution in [2.45, 2.75) is 37.3 Å². The van der Waals surface area contributed by atoms with Gasteiger partial charge in [0.05, 0.1) is 29.2 Å². The fraction of sp³-hybridized carbons (Fsp3) is 0.500. The molecule has 2 aromatic carbocycles. The van der Waals surface area contributed by atoms with Crippen molar-refractivity contribution in [3.05, 3.63) is 65.2 Å². The molecule has 0 N–H and O–H groups in total. The molecule has 5 nitrogen and oxygen atoms in total. The van der Waals surface area contributed by atoms with Crippen LogP contribution in [0.1, 0.15) is 42.4 Å². The minimum Gasteiger partial charge on any atom is -0.384 e. The summed E-state index contributed by atoms with van der Waals surface area (Å²) in [5.41, 5.74) is -0.242. The monoisotopic (exact) mass is 497 g/mol. The van der Waals surface area contributed by atoms with Crippen LogP contribution in [-0.4, -0.2) is 50.7 Å². The van der Waals surface area contributed by atoms with Gasteiger partial charge in [-0.15, -0.1) is 0 Å². The number of nitrogens with zero attached hydrogens (tertiary/aromatic N) is 3. The lowest BCUT2D eigenvalue weighted by atomic mass is 9.71. The molecule has 0 bridgehead atoms. The quantitative estimate of drug-likeness (QED) is 0.584. The molecule has 3 aliphatic rings. The van der Waals surface area contributed by atoms with E-state index in [2.05, 4.69) is 0 Å². The van der Waals surface area contributed by atoms with E-state index >= 15 is 0 Å². The number of rotatable bonds is 5. The molecule has 36 heavy (non-hydrogen) atoms. The van der Waals surface area contributed by atoms with Crippen molar-refractivity contribution in [2.75, 3.05) is 44.8 Å². The van der Waals surface area contributed by atoms with Gasteiger partial charge in [0.2, 0.25) is 5.91 Å². The van der Waals surface area contributed by atoms with Gasteiger partial charge in [-0.05, 0) is 54.9 Å². The van der Waals surface area contributed by atoms with Crippen LogP contribution in [0.2, 0.25) is 0 Å². The van der Waals surface area contributed by atoms with E-state index in [1.165, 1.54) is 6.07 Å². The molecule has 1 spiro atoms. The van der Waals surface area contributed by atoms with E-state index in [4.69, 9.17) is 10.00 Å². The zero-order valence-electron chi connectivity index (χ0n) is 20.4. The van der Waals surface area contributed by atoms with E-state index in [-0.39, 0.29) is 22.8 Å². The second kappa shape index (κ2) is 9.11. The van der Waals surface area contributed by atoms with Gasteiger partial charge < -0.3 is 14.5 Å². The Morgan fingerprint density at radius 2 is 1.81 bits per heavy atom. The maximum Gasteiger partial charge on any atom is 0.417 e. The van der Waals surface area contributed by atoms with Gasteiger partial charge in [-0.3, -0.25) is 4.79 Å². The minimum atomic E-state index is -4.59. The summed E-state index contributed by atoms with van der Waals surface area (Å²) in [6.07, 6.45) is -1.27. The molecule has 8 heteroatoms. The Morgan fingerprint density at radius 3 is 2.39 bits per heavy atom. The summed E-state index contributed by atoms with van der Waals surface area (Å²) in [7, 11) is 1.65. The van der Waals surface area contributed by atoms with E-state index in [9.17, 15) is 18.0 Å². The number of methoxy groups -OCH3 is 1. The molecule has 1 atom stereocenters. The number of alkyl halides is 3. The van der Waals surface area contributed by atoms with Gasteiger partial charge in [0.25, 0.3) is 0 Å². The van der Waals surface area contributed by atoms with E-state index in [1.807, 2.05) is 40.1 Å². The van der Waals surface area contributed by atoms with E-state index in [1.54, 1.807) is 19.2 Å². The Morgan fingerprint density at radius 1 is 1.11 bits per heavy atom. The largest absolute Gasteiger partial charge is 0.417 e. The maximum absolute atomic E-state index is 13.6. The van der Waals surface area contributed by atoms with Gasteiger partial charge in [-0.1, -0.05) is 30.3 Å². The number of nitriles is 1. The van der Waals surface area contributed by atoms with Crippen LogP contribution in [-0.2, 0) is 21.1 Å². The lowest BCUT2D eigenvalue weighted by Gasteiger charge is -2.43. The third-order valence-electron chi connectivity index (χ3n) is 8.51. The normalized spacial score (nSPS) is 22.5. The van der Waals surface area contributed by atoms with Crippen molar-refractivity contribution in [2.24, 2.45) is 11.3 Å². The Kier molecular flexibility index (Phi) is 6.24. The van der Waals surface area contributed by atoms with Crippen LogP contribution in [0.25, 0.3) is 0 Å². The molecule has 1 unspecified atom stereocenters. The topological polar surface area (TPSA) is 56.6 Å². The van der Waals surface area contributed by atoms with Crippen molar-refractivity contribution < 1.29 is 22.7 Å². The highest BCUT2D eigenvalue weighted by Gasteiger charge is 2.55. The van der Waals surface area contributed by atoms with Crippen LogP contribution in [0.15, 0.2) is 48.5 Å². The number of halogens is 3. The highest BCUT2D eigenvalue weighted by atomic mass is 19.4. The highest BCUT2D eigenvalue weighted by molar-refractivity contribution is 5.91. The Balaban J connectivity index is 1.33. The molecular weight excluding hydrogens is 467 g/mol. The number of anilines is 1. The zero-order valence-corrected chi connectivity index (χ0v) is 20.4. The SMILES string of the molecule is COCC1CN(c2ccc(C#N)c(C(F)(F)F)c2)CC12CCN(C(=O)C1(c3ccccc3)CC1)CC2. The van der Waals surface area contributed by atoms with E-state index in [0.717, 1.165) is 37.3 Å². The van der Waals surface area contributed by atoms with Crippen molar-refractivity contribution in [1.29, 1.82) is 5.26 Å². The van der Waals surface area contributed by atoms with Crippen LogP contribution >= 0.6 is 0 Å². The molecule has 2 saturated heterocycles. The minimum absolute atomic E-state index is 0.136. The standard InChI is InChI=1S/C28H30F3N3O2/c1-36-18-22-17-34(23-8-7-20(16-32)24(15-23)28(29,30)31)19-26(22)11-13-33(14-12-26)25(35)27(9-10-27)21-5-3-2-4-6-21/h2-8,15,22H,9-14,17-19H2,1H3. The molecule has 5 rings (SSSR count). The third-order valence-corrected chi connectivity index (χ3v) is 8.51. The van der Waals surface area contributed by atoms with Crippen LogP contribution in [0.3, 0.4) is 0 Å². The van der Waals surface area contributed by atoms with Gasteiger partial charge in [0, 0.05) is 44.9 Å². The number of piperidine rings is 1. The number of likely N-dealkylation sites (tertiary alicyclic amines) is 1. The molecule has 190 valence electrons. The van der Waals surface area contributed by atoms with Crippen molar-refractivity contribution in [3.8, 4) is 6.07 Å². The summed E-state index contributed by atoms with van der Waals surface area (Å²) in [5.74, 6) is 0.345. The average Bonchev–Trinajstić information content (AvgIpc) is 3.63. The lowest BCUT2D eigenvalue weighted by Crippen LogP contribution is -2.49. The fourth-order valence-electron chi connectivity index (χ4n) is 6.25. The van der Waals surface area contributed by atoms with Gasteiger partial charge in [0.1, 0.15) is 0 Å². The summed E-state index contributed by atoms with van der Waals surface area (Å²) >= 11 is 0. The fourth-order valence-corrected chi connectivity index (χ4v) is 6.25. The predicted octanol–water partition coefficient (Wildman–Crippen LogP) is 5.00. The van der Waals surface area contributed by atoms with Crippen molar-refractivity contribution in [3.63, 3.8) is 0 Å². The summed E-state index contributed by atoms with van der Waals surface area (Å²) in [5, 5.41) is 9.14. The van der Waals surface area contributed by atoms with Gasteiger partial charge in [-0.2, -0.15) is 18.4 Å². The summed E-state index contributed by atoms with van der Waals surface area (Å²) in [4.78, 5) is 17.5. The first kappa shape index (κ1) is 24.6. The second-order valence-electron chi connectivity index (χ2n) is 10.5. The number of ether oxygens (including phenoxy) is 1. The summed E-state index contributed by atoms with van der Waals surface area (Å²) < 4.78 is 46.2. The maximum atomic E-state index is 13.6. The van der Waals surface area contributed by atoms with Crippen LogP contribution in [0.4, 0.5) is 18.9 Å². The first-order chi connectivity index (χ1) is 17.2. The Labute approximate surface area is 209 Å². The Hall–Kier alpha value is -3.05. The van der Waals surface area contributed by atoms with Gasteiger partial charge in [0.15, 0.2) is 0 Å². The average molecular weight is 498 g/mol. The molecule has 2 aromatic rings. The summed E-state index contributed by atoms with van der Waals surface area (Å²) in [6.45, 7) is 2.99. The number of hydrogen-bond donors (Lipinski definition) is 0. The van der Waals surface area contributed by atoms with Crippen LogP contribution in [0, 0.1) is 22.7 Å². The molecule has 1 amide bonds. The first-order valence-electron chi connectivity index (χ1n) is 12.4. The molecule has 2 aliphatic heterocycles. The number of carbonyl (C=O) groups is 1. The molecule has 0 radical (unpaired) electrons. The smallest absolute Gasteiger partial charge is 0.384 e. The third kappa shape index (κ3) is 4.24. The predicted molar refractivity (Wildman–Crippen MR) is 129 cm³/mol. The van der Waals surface area contributed by atoms with Crippen molar-refractivity contribution in [1.82, 2.24) is 4.90 Å². The molecule has 1 aliphatic carbocycles. The Bertz CT molecular complexity index is 1160. The first-order valence-corrected chi connectivity index (χ1v) is 12.4. The number of carbonyl (C=O) groups excluding carboxylic acids is 1. The summed E-state index contributed by atoms with van der Waals surface area (Å²) in [6, 6.07) is 15.6. The van der Waals surface area contributed by atoms with Crippen LogP contribution < -0.4 is 4.90 Å². The zero-order chi connectivity index (χ0) is 25.6. The molecule has 2 heterocycles. The van der Waals surface area contributed by atoms with Crippen LogP contribution in [0.5, 0.6) is 0 Å². The van der Waals surface area contributed by atoms with E-state index in [0.29, 0.717) is 38.5 Å². The molecule has 0 aromatic heterocycles. The highest BCUT2D eigenvalue weighted by Crippen LogP contribution is 2.52.